The van der Waals surface area contributed by atoms with Gasteiger partial charge in [0.1, 0.15) is 5.69 Å². The van der Waals surface area contributed by atoms with Gasteiger partial charge in [-0.2, -0.15) is 0 Å². The zero-order valence-electron chi connectivity index (χ0n) is 11.5. The summed E-state index contributed by atoms with van der Waals surface area (Å²) in [7, 11) is 0. The van der Waals surface area contributed by atoms with Gasteiger partial charge in [0.05, 0.1) is 5.02 Å². The Hall–Kier alpha value is -1.00. The molecule has 0 aliphatic carbocycles. The monoisotopic (exact) mass is 271 g/mol. The summed E-state index contributed by atoms with van der Waals surface area (Å²) in [5.41, 5.74) is 0.501. The van der Waals surface area contributed by atoms with Crippen LogP contribution in [-0.4, -0.2) is 41.0 Å². The second kappa shape index (κ2) is 6.81. The highest BCUT2D eigenvalue weighted by Crippen LogP contribution is 2.09. The lowest BCUT2D eigenvalue weighted by atomic mass is 10.2. The normalized spacial score (nSPS) is 11.6. The molecule has 102 valence electrons. The number of nitrogens with one attached hydrogen (secondary N) is 2. The number of rotatable bonds is 6. The van der Waals surface area contributed by atoms with E-state index in [-0.39, 0.29) is 5.91 Å². The molecule has 2 N–H and O–H groups in total. The first kappa shape index (κ1) is 15.1. The van der Waals surface area contributed by atoms with E-state index in [1.165, 1.54) is 0 Å². The van der Waals surface area contributed by atoms with Crippen molar-refractivity contribution < 1.29 is 4.79 Å². The molecule has 0 aliphatic rings. The van der Waals surface area contributed by atoms with Crippen molar-refractivity contribution in [2.24, 2.45) is 0 Å². The number of halogens is 1. The van der Waals surface area contributed by atoms with E-state index in [9.17, 15) is 4.79 Å². The lowest BCUT2D eigenvalue weighted by Gasteiger charge is -2.30. The van der Waals surface area contributed by atoms with Gasteiger partial charge in [0.25, 0.3) is 5.91 Å². The molecule has 4 nitrogen and oxygen atoms in total. The topological polar surface area (TPSA) is 48.1 Å². The second-order valence-electron chi connectivity index (χ2n) is 4.91. The molecule has 1 heterocycles. The van der Waals surface area contributed by atoms with Crippen molar-refractivity contribution in [2.75, 3.05) is 13.1 Å². The van der Waals surface area contributed by atoms with Crippen LogP contribution in [0, 0.1) is 0 Å². The highest BCUT2D eigenvalue weighted by Gasteiger charge is 2.13. The van der Waals surface area contributed by atoms with Crippen LogP contribution in [0.25, 0.3) is 0 Å². The second-order valence-corrected chi connectivity index (χ2v) is 5.35. The molecule has 0 unspecified atom stereocenters. The van der Waals surface area contributed by atoms with E-state index in [1.807, 2.05) is 0 Å². The Morgan fingerprint density at radius 3 is 2.44 bits per heavy atom. The average Bonchev–Trinajstić information content (AvgIpc) is 2.69. The van der Waals surface area contributed by atoms with Crippen molar-refractivity contribution in [2.45, 2.75) is 39.8 Å². The average molecular weight is 272 g/mol. The van der Waals surface area contributed by atoms with Gasteiger partial charge in [-0.05, 0) is 33.8 Å². The molecule has 1 rings (SSSR count). The van der Waals surface area contributed by atoms with E-state index in [4.69, 9.17) is 11.6 Å². The lowest BCUT2D eigenvalue weighted by molar-refractivity contribution is 0.0935. The van der Waals surface area contributed by atoms with Crippen LogP contribution in [0.1, 0.15) is 38.2 Å². The van der Waals surface area contributed by atoms with E-state index < -0.39 is 0 Å². The first-order valence-corrected chi connectivity index (χ1v) is 6.67. The van der Waals surface area contributed by atoms with Crippen LogP contribution in [0.2, 0.25) is 5.02 Å². The summed E-state index contributed by atoms with van der Waals surface area (Å²) in [6.07, 6.45) is 1.60. The number of hydrogen-bond donors (Lipinski definition) is 2. The summed E-state index contributed by atoms with van der Waals surface area (Å²) < 4.78 is 0. The fourth-order valence-electron chi connectivity index (χ4n) is 2.01. The van der Waals surface area contributed by atoms with Crippen LogP contribution in [0.15, 0.2) is 12.3 Å². The van der Waals surface area contributed by atoms with E-state index >= 15 is 0 Å². The molecule has 1 aromatic rings. The Bertz CT molecular complexity index is 379. The third kappa shape index (κ3) is 4.35. The van der Waals surface area contributed by atoms with Crippen molar-refractivity contribution in [1.82, 2.24) is 15.2 Å². The van der Waals surface area contributed by atoms with Gasteiger partial charge in [0.15, 0.2) is 0 Å². The largest absolute Gasteiger partial charge is 0.356 e. The third-order valence-corrected chi connectivity index (χ3v) is 3.09. The minimum absolute atomic E-state index is 0.116. The summed E-state index contributed by atoms with van der Waals surface area (Å²) in [6.45, 7) is 10.1. The highest BCUT2D eigenvalue weighted by molar-refractivity contribution is 6.30. The third-order valence-electron chi connectivity index (χ3n) is 2.87. The van der Waals surface area contributed by atoms with Crippen LogP contribution in [-0.2, 0) is 0 Å². The number of aromatic nitrogens is 1. The summed E-state index contributed by atoms with van der Waals surface area (Å²) in [6, 6.07) is 2.57. The Balaban J connectivity index is 2.39. The van der Waals surface area contributed by atoms with Gasteiger partial charge < -0.3 is 10.3 Å². The smallest absolute Gasteiger partial charge is 0.267 e. The van der Waals surface area contributed by atoms with Crippen LogP contribution < -0.4 is 5.32 Å². The molecule has 0 spiro atoms. The van der Waals surface area contributed by atoms with Gasteiger partial charge in [-0.3, -0.25) is 9.69 Å². The first-order chi connectivity index (χ1) is 8.41. The highest BCUT2D eigenvalue weighted by atomic mass is 35.5. The molecular formula is C13H22ClN3O. The van der Waals surface area contributed by atoms with E-state index in [1.54, 1.807) is 12.3 Å². The summed E-state index contributed by atoms with van der Waals surface area (Å²) >= 11 is 5.75. The molecular weight excluding hydrogens is 250 g/mol. The molecule has 0 bridgehead atoms. The fraction of sp³-hybridized carbons (Fsp3) is 0.615. The Labute approximate surface area is 114 Å². The number of H-pyrrole nitrogens is 1. The predicted octanol–water partition coefficient (Wildman–Crippen LogP) is 2.52. The van der Waals surface area contributed by atoms with Crippen LogP contribution >= 0.6 is 11.6 Å². The quantitative estimate of drug-likeness (QED) is 0.835. The minimum Gasteiger partial charge on any atom is -0.356 e. The lowest BCUT2D eigenvalue weighted by Crippen LogP contribution is -2.42. The van der Waals surface area contributed by atoms with Gasteiger partial charge in [-0.25, -0.2) is 0 Å². The zero-order chi connectivity index (χ0) is 13.7. The molecule has 18 heavy (non-hydrogen) atoms. The standard InChI is InChI=1S/C13H22ClN3O/c1-9(2)17(10(3)4)6-5-15-13(18)12-7-11(14)8-16-12/h7-10,16H,5-6H2,1-4H3,(H,15,18). The molecule has 0 aliphatic heterocycles. The van der Waals surface area contributed by atoms with Crippen LogP contribution in [0.5, 0.6) is 0 Å². The number of aromatic amines is 1. The van der Waals surface area contributed by atoms with Crippen molar-refractivity contribution in [3.63, 3.8) is 0 Å². The molecule has 0 atom stereocenters. The van der Waals surface area contributed by atoms with Gasteiger partial charge in [-0.1, -0.05) is 11.6 Å². The van der Waals surface area contributed by atoms with Crippen LogP contribution in [0.3, 0.4) is 0 Å². The van der Waals surface area contributed by atoms with Gasteiger partial charge in [0.2, 0.25) is 0 Å². The SMILES string of the molecule is CC(C)N(CCNC(=O)c1cc(Cl)c[nH]1)C(C)C. The molecule has 0 saturated heterocycles. The maximum atomic E-state index is 11.8. The molecule has 1 amide bonds. The van der Waals surface area contributed by atoms with Crippen molar-refractivity contribution in [3.8, 4) is 0 Å². The number of amides is 1. The molecule has 5 heteroatoms. The van der Waals surface area contributed by atoms with E-state index in [0.29, 0.717) is 29.3 Å². The number of nitrogens with zero attached hydrogens (tertiary/aromatic N) is 1. The summed E-state index contributed by atoms with van der Waals surface area (Å²) in [5.74, 6) is -0.116. The number of carbonyl (C=O) groups excluding carboxylic acids is 1. The Kier molecular flexibility index (Phi) is 5.69. The number of carbonyl (C=O) groups is 1. The van der Waals surface area contributed by atoms with Gasteiger partial charge >= 0.3 is 0 Å². The molecule has 0 saturated carbocycles. The Morgan fingerprint density at radius 2 is 2.00 bits per heavy atom. The van der Waals surface area contributed by atoms with Gasteiger partial charge in [-0.15, -0.1) is 0 Å². The number of hydrogen-bond acceptors (Lipinski definition) is 2. The summed E-state index contributed by atoms with van der Waals surface area (Å²) in [5, 5.41) is 3.43. The fourth-order valence-corrected chi connectivity index (χ4v) is 2.17. The van der Waals surface area contributed by atoms with Gasteiger partial charge in [0, 0.05) is 31.4 Å². The predicted molar refractivity (Wildman–Crippen MR) is 75.1 cm³/mol. The summed E-state index contributed by atoms with van der Waals surface area (Å²) in [4.78, 5) is 16.9. The molecule has 0 fully saturated rings. The van der Waals surface area contributed by atoms with E-state index in [0.717, 1.165) is 6.54 Å². The van der Waals surface area contributed by atoms with Crippen molar-refractivity contribution >= 4 is 17.5 Å². The maximum absolute atomic E-state index is 11.8. The Morgan fingerprint density at radius 1 is 1.39 bits per heavy atom. The van der Waals surface area contributed by atoms with E-state index in [2.05, 4.69) is 42.9 Å². The minimum atomic E-state index is -0.116. The molecule has 0 aromatic carbocycles. The zero-order valence-corrected chi connectivity index (χ0v) is 12.2. The molecule has 1 aromatic heterocycles. The van der Waals surface area contributed by atoms with Crippen LogP contribution in [0.4, 0.5) is 0 Å². The van der Waals surface area contributed by atoms with Crippen molar-refractivity contribution in [1.29, 1.82) is 0 Å². The first-order valence-electron chi connectivity index (χ1n) is 6.29. The molecule has 0 radical (unpaired) electrons. The van der Waals surface area contributed by atoms with Crippen molar-refractivity contribution in [3.05, 3.63) is 23.0 Å². The maximum Gasteiger partial charge on any atom is 0.267 e.